The van der Waals surface area contributed by atoms with Crippen LogP contribution in [0.25, 0.3) is 10.3 Å². The van der Waals surface area contributed by atoms with E-state index in [0.29, 0.717) is 25.2 Å². The Kier molecular flexibility index (Phi) is 6.35. The zero-order valence-corrected chi connectivity index (χ0v) is 19.5. The number of hydrogen-bond donors (Lipinski definition) is 0. The monoisotopic (exact) mass is 503 g/mol. The zero-order chi connectivity index (χ0) is 23.5. The summed E-state index contributed by atoms with van der Waals surface area (Å²) in [5.74, 6) is 0. The van der Waals surface area contributed by atoms with Gasteiger partial charge in [-0.05, 0) is 24.3 Å². The molecule has 5 aromatic rings. The Morgan fingerprint density at radius 1 is 0.853 bits per heavy atom. The molecule has 0 aliphatic carbocycles. The number of thiazole rings is 2. The topological polar surface area (TPSA) is 56.7 Å². The summed E-state index contributed by atoms with van der Waals surface area (Å²) in [5, 5.41) is 9.48. The quantitative estimate of drug-likeness (QED) is 0.279. The molecule has 0 saturated carbocycles. The predicted molar refractivity (Wildman–Crippen MR) is 124 cm³/mol. The van der Waals surface area contributed by atoms with E-state index >= 15 is 0 Å². The third-order valence-corrected chi connectivity index (χ3v) is 6.66. The smallest absolute Gasteiger partial charge is 0.296 e. The van der Waals surface area contributed by atoms with Gasteiger partial charge in [-0.15, -0.1) is 22.7 Å². The van der Waals surface area contributed by atoms with E-state index in [9.17, 15) is 13.2 Å². The second kappa shape index (κ2) is 9.57. The van der Waals surface area contributed by atoms with Crippen molar-refractivity contribution in [2.24, 2.45) is 0 Å². The van der Waals surface area contributed by atoms with Gasteiger partial charge in [-0.1, -0.05) is 0 Å². The number of hydrogen-bond acceptors (Lipinski definition) is 6. The van der Waals surface area contributed by atoms with Crippen molar-refractivity contribution in [2.45, 2.75) is 32.4 Å². The summed E-state index contributed by atoms with van der Waals surface area (Å²) in [4.78, 5) is 11.0. The van der Waals surface area contributed by atoms with Crippen molar-refractivity contribution < 1.29 is 13.2 Å². The normalized spacial score (nSPS) is 12.1. The van der Waals surface area contributed by atoms with Crippen LogP contribution in [-0.4, -0.2) is 40.0 Å². The fourth-order valence-corrected chi connectivity index (χ4v) is 5.09. The molecule has 7 nitrogen and oxygen atoms in total. The van der Waals surface area contributed by atoms with Crippen molar-refractivity contribution in [3.05, 3.63) is 89.2 Å². The molecule has 176 valence electrons. The molecule has 0 fully saturated rings. The first-order valence-corrected chi connectivity index (χ1v) is 12.1. The van der Waals surface area contributed by atoms with Crippen molar-refractivity contribution in [3.63, 3.8) is 0 Å². The van der Waals surface area contributed by atoms with Crippen molar-refractivity contribution >= 4 is 22.7 Å². The van der Waals surface area contributed by atoms with Crippen LogP contribution in [0.3, 0.4) is 0 Å². The van der Waals surface area contributed by atoms with Crippen LogP contribution in [0.5, 0.6) is 0 Å². The average molecular weight is 504 g/mol. The Morgan fingerprint density at radius 3 is 1.94 bits per heavy atom. The summed E-state index contributed by atoms with van der Waals surface area (Å²) in [6.07, 6.45) is 6.09. The highest BCUT2D eigenvalue weighted by atomic mass is 32.1. The molecule has 0 amide bonds. The molecule has 34 heavy (non-hydrogen) atoms. The lowest BCUT2D eigenvalue weighted by Crippen LogP contribution is -2.24. The Hall–Kier alpha value is -3.22. The van der Waals surface area contributed by atoms with Gasteiger partial charge in [0.05, 0.1) is 6.20 Å². The van der Waals surface area contributed by atoms with Gasteiger partial charge < -0.3 is 0 Å². The van der Waals surface area contributed by atoms with Crippen molar-refractivity contribution in [2.75, 3.05) is 0 Å². The molecule has 0 N–H and O–H groups in total. The third-order valence-electron chi connectivity index (χ3n) is 5.12. The standard InChI is InChI=1S/C22H20F3N7S2/c23-22(24,25)16-30-13-17(11-28-30)12-29(14-18-3-1-7-31(18)20-26-5-9-33-20)15-19-4-2-8-32(19)21-27-6-10-34-21/h1-11,13H,12,14-16H2. The third kappa shape index (κ3) is 5.29. The molecule has 0 unspecified atom stereocenters. The van der Waals surface area contributed by atoms with Gasteiger partial charge in [0.25, 0.3) is 0 Å². The first-order chi connectivity index (χ1) is 16.4. The van der Waals surface area contributed by atoms with Crippen LogP contribution in [0.1, 0.15) is 17.0 Å². The van der Waals surface area contributed by atoms with E-state index in [2.05, 4.69) is 20.0 Å². The van der Waals surface area contributed by atoms with Crippen LogP contribution in [0.15, 0.2) is 72.2 Å². The van der Waals surface area contributed by atoms with E-state index in [1.165, 1.54) is 12.4 Å². The maximum atomic E-state index is 12.8. The number of halogens is 3. The molecule has 0 aliphatic rings. The lowest BCUT2D eigenvalue weighted by molar-refractivity contribution is -0.142. The van der Waals surface area contributed by atoms with Crippen LogP contribution < -0.4 is 0 Å². The van der Waals surface area contributed by atoms with Gasteiger partial charge in [0.1, 0.15) is 6.54 Å². The molecule has 0 bridgehead atoms. The molecule has 0 spiro atoms. The number of rotatable bonds is 9. The second-order valence-electron chi connectivity index (χ2n) is 7.67. The summed E-state index contributed by atoms with van der Waals surface area (Å²) in [7, 11) is 0. The van der Waals surface area contributed by atoms with Gasteiger partial charge in [0.15, 0.2) is 10.3 Å². The number of nitrogens with zero attached hydrogens (tertiary/aromatic N) is 7. The van der Waals surface area contributed by atoms with Gasteiger partial charge in [0.2, 0.25) is 0 Å². The molecule has 5 rings (SSSR count). The van der Waals surface area contributed by atoms with Gasteiger partial charge in [-0.3, -0.25) is 18.7 Å². The van der Waals surface area contributed by atoms with Gasteiger partial charge >= 0.3 is 6.18 Å². The van der Waals surface area contributed by atoms with E-state index in [1.54, 1.807) is 35.1 Å². The maximum Gasteiger partial charge on any atom is 0.408 e. The fourth-order valence-electron chi connectivity index (χ4n) is 3.78. The zero-order valence-electron chi connectivity index (χ0n) is 17.8. The molecule has 5 heterocycles. The minimum absolute atomic E-state index is 0.434. The van der Waals surface area contributed by atoms with E-state index in [-0.39, 0.29) is 0 Å². The number of aromatic nitrogens is 6. The Balaban J connectivity index is 1.41. The van der Waals surface area contributed by atoms with E-state index in [1.807, 2.05) is 56.6 Å². The van der Waals surface area contributed by atoms with Crippen molar-refractivity contribution in [1.82, 2.24) is 33.8 Å². The Bertz CT molecular complexity index is 1240. The summed E-state index contributed by atoms with van der Waals surface area (Å²) in [6, 6.07) is 7.99. The second-order valence-corrected chi connectivity index (χ2v) is 9.42. The van der Waals surface area contributed by atoms with E-state index < -0.39 is 12.7 Å². The van der Waals surface area contributed by atoms with Gasteiger partial charge in [-0.2, -0.15) is 18.3 Å². The van der Waals surface area contributed by atoms with Crippen molar-refractivity contribution in [3.8, 4) is 10.3 Å². The molecule has 0 aliphatic heterocycles. The summed E-state index contributed by atoms with van der Waals surface area (Å²) in [6.45, 7) is 0.469. The number of alkyl halides is 3. The first-order valence-electron chi connectivity index (χ1n) is 10.4. The molecule has 0 aromatic carbocycles. The molecule has 0 radical (unpaired) electrons. The highest BCUT2D eigenvalue weighted by Gasteiger charge is 2.28. The first kappa shape index (κ1) is 22.6. The summed E-state index contributed by atoms with van der Waals surface area (Å²) in [5.41, 5.74) is 2.78. The average Bonchev–Trinajstić information content (AvgIpc) is 3.57. The SMILES string of the molecule is FC(F)(F)Cn1cc(CN(Cc2cccn2-c2nccs2)Cc2cccn2-c2nccs2)cn1. The lowest BCUT2D eigenvalue weighted by atomic mass is 10.2. The van der Waals surface area contributed by atoms with Crippen LogP contribution in [0.4, 0.5) is 13.2 Å². The van der Waals surface area contributed by atoms with Crippen LogP contribution in [0, 0.1) is 0 Å². The lowest BCUT2D eigenvalue weighted by Gasteiger charge is -2.23. The van der Waals surface area contributed by atoms with Crippen LogP contribution in [-0.2, 0) is 26.2 Å². The maximum absolute atomic E-state index is 12.8. The Labute approximate surface area is 201 Å². The molecular weight excluding hydrogens is 483 g/mol. The predicted octanol–water partition coefficient (Wildman–Crippen LogP) is 5.14. The molecule has 5 aromatic heterocycles. The Morgan fingerprint density at radius 2 is 1.44 bits per heavy atom. The van der Waals surface area contributed by atoms with Crippen molar-refractivity contribution in [1.29, 1.82) is 0 Å². The molecule has 0 atom stereocenters. The molecular formula is C22H20F3N7S2. The van der Waals surface area contributed by atoms with Gasteiger partial charge in [0, 0.05) is 78.3 Å². The van der Waals surface area contributed by atoms with E-state index in [0.717, 1.165) is 26.3 Å². The van der Waals surface area contributed by atoms with Gasteiger partial charge in [-0.25, -0.2) is 9.97 Å². The molecule has 12 heteroatoms. The minimum atomic E-state index is -4.31. The van der Waals surface area contributed by atoms with E-state index in [4.69, 9.17) is 0 Å². The minimum Gasteiger partial charge on any atom is -0.296 e. The van der Waals surface area contributed by atoms with Crippen LogP contribution >= 0.6 is 22.7 Å². The molecule has 0 saturated heterocycles. The summed E-state index contributed by atoms with van der Waals surface area (Å²) >= 11 is 3.09. The van der Waals surface area contributed by atoms with Crippen LogP contribution in [0.2, 0.25) is 0 Å². The fraction of sp³-hybridized carbons (Fsp3) is 0.227. The largest absolute Gasteiger partial charge is 0.408 e. The highest BCUT2D eigenvalue weighted by molar-refractivity contribution is 7.12. The summed E-state index contributed by atoms with van der Waals surface area (Å²) < 4.78 is 43.4. The highest BCUT2D eigenvalue weighted by Crippen LogP contribution is 2.22.